The van der Waals surface area contributed by atoms with E-state index in [0.29, 0.717) is 0 Å². The van der Waals surface area contributed by atoms with Crippen molar-refractivity contribution in [2.75, 3.05) is 11.9 Å². The fourth-order valence-electron chi connectivity index (χ4n) is 1.90. The Hall–Kier alpha value is -1.69. The number of alkyl halides is 2. The van der Waals surface area contributed by atoms with Gasteiger partial charge in [-0.25, -0.2) is 0 Å². The molecule has 1 fully saturated rings. The minimum atomic E-state index is -2.91. The number of benzene rings is 1. The molecule has 18 heavy (non-hydrogen) atoms. The molecule has 2 N–H and O–H groups in total. The number of rotatable bonds is 4. The first kappa shape index (κ1) is 12.8. The molecule has 4 nitrogen and oxygen atoms in total. The first-order valence-electron chi connectivity index (χ1n) is 5.75. The zero-order valence-electron chi connectivity index (χ0n) is 9.66. The average molecular weight is 256 g/mol. The van der Waals surface area contributed by atoms with Crippen molar-refractivity contribution in [1.82, 2.24) is 5.32 Å². The summed E-state index contributed by atoms with van der Waals surface area (Å²) in [6.45, 7) is -2.11. The molecule has 0 aliphatic carbocycles. The van der Waals surface area contributed by atoms with Crippen molar-refractivity contribution in [3.63, 3.8) is 0 Å². The second-order valence-electron chi connectivity index (χ2n) is 4.01. The van der Waals surface area contributed by atoms with Gasteiger partial charge in [0.25, 0.3) is 0 Å². The molecule has 0 saturated carbocycles. The number of carbonyl (C=O) groups is 1. The quantitative estimate of drug-likeness (QED) is 0.866. The minimum Gasteiger partial charge on any atom is -0.433 e. The van der Waals surface area contributed by atoms with Crippen LogP contribution >= 0.6 is 0 Å². The summed E-state index contributed by atoms with van der Waals surface area (Å²) in [4.78, 5) is 11.8. The Balaban J connectivity index is 2.05. The number of hydrogen-bond donors (Lipinski definition) is 2. The zero-order valence-corrected chi connectivity index (χ0v) is 9.66. The number of ether oxygens (including phenoxy) is 1. The predicted octanol–water partition coefficient (Wildman–Crippen LogP) is 1.98. The number of halogens is 2. The van der Waals surface area contributed by atoms with Gasteiger partial charge in [0.2, 0.25) is 5.91 Å². The van der Waals surface area contributed by atoms with Crippen LogP contribution in [0.2, 0.25) is 0 Å². The molecule has 1 heterocycles. The molecule has 1 aliphatic rings. The molecule has 1 unspecified atom stereocenters. The topological polar surface area (TPSA) is 50.4 Å². The van der Waals surface area contributed by atoms with Crippen LogP contribution in [-0.4, -0.2) is 25.1 Å². The van der Waals surface area contributed by atoms with Gasteiger partial charge in [-0.05, 0) is 31.5 Å². The van der Waals surface area contributed by atoms with Crippen molar-refractivity contribution in [3.8, 4) is 5.75 Å². The number of amides is 1. The molecule has 1 atom stereocenters. The highest BCUT2D eigenvalue weighted by Crippen LogP contribution is 2.25. The summed E-state index contributed by atoms with van der Waals surface area (Å²) >= 11 is 0. The SMILES string of the molecule is O=C(Nc1ccccc1OC(F)F)C1CCCN1. The highest BCUT2D eigenvalue weighted by atomic mass is 19.3. The lowest BCUT2D eigenvalue weighted by molar-refractivity contribution is -0.117. The Kier molecular flexibility index (Phi) is 4.09. The molecule has 1 aromatic carbocycles. The zero-order chi connectivity index (χ0) is 13.0. The number of para-hydroxylation sites is 2. The number of nitrogens with one attached hydrogen (secondary N) is 2. The molecule has 6 heteroatoms. The molecule has 0 spiro atoms. The average Bonchev–Trinajstić information content (AvgIpc) is 2.84. The van der Waals surface area contributed by atoms with Crippen LogP contribution in [0.3, 0.4) is 0 Å². The first-order chi connectivity index (χ1) is 8.66. The minimum absolute atomic E-state index is 0.0288. The van der Waals surface area contributed by atoms with Gasteiger partial charge in [0.1, 0.15) is 5.75 Å². The van der Waals surface area contributed by atoms with Crippen LogP contribution in [0, 0.1) is 0 Å². The normalized spacial score (nSPS) is 18.9. The molecule has 0 bridgehead atoms. The van der Waals surface area contributed by atoms with Gasteiger partial charge in [0.05, 0.1) is 11.7 Å². The molecule has 98 valence electrons. The Labute approximate surface area is 103 Å². The molecule has 1 saturated heterocycles. The van der Waals surface area contributed by atoms with E-state index in [1.807, 2.05) is 0 Å². The Morgan fingerprint density at radius 3 is 2.89 bits per heavy atom. The van der Waals surface area contributed by atoms with Crippen molar-refractivity contribution in [2.45, 2.75) is 25.5 Å². The number of anilines is 1. The fourth-order valence-corrected chi connectivity index (χ4v) is 1.90. The van der Waals surface area contributed by atoms with Crippen LogP contribution in [0.4, 0.5) is 14.5 Å². The molecule has 2 rings (SSSR count). The van der Waals surface area contributed by atoms with E-state index in [1.54, 1.807) is 12.1 Å². The van der Waals surface area contributed by atoms with Gasteiger partial charge >= 0.3 is 6.61 Å². The summed E-state index contributed by atoms with van der Waals surface area (Å²) in [6, 6.07) is 5.88. The molecule has 0 aromatic heterocycles. The monoisotopic (exact) mass is 256 g/mol. The lowest BCUT2D eigenvalue weighted by atomic mass is 10.2. The van der Waals surface area contributed by atoms with Crippen molar-refractivity contribution in [1.29, 1.82) is 0 Å². The third-order valence-electron chi connectivity index (χ3n) is 2.74. The van der Waals surface area contributed by atoms with Crippen LogP contribution in [0.5, 0.6) is 5.75 Å². The van der Waals surface area contributed by atoms with Crippen molar-refractivity contribution in [2.24, 2.45) is 0 Å². The summed E-state index contributed by atoms with van der Waals surface area (Å²) in [5, 5.41) is 5.63. The van der Waals surface area contributed by atoms with E-state index in [0.717, 1.165) is 19.4 Å². The van der Waals surface area contributed by atoms with Gasteiger partial charge in [0.15, 0.2) is 0 Å². The first-order valence-corrected chi connectivity index (χ1v) is 5.75. The Morgan fingerprint density at radius 2 is 2.22 bits per heavy atom. The van der Waals surface area contributed by atoms with Crippen molar-refractivity contribution >= 4 is 11.6 Å². The highest BCUT2D eigenvalue weighted by Gasteiger charge is 2.23. The standard InChI is InChI=1S/C12H14F2N2O2/c13-12(14)18-10-6-2-1-4-8(10)16-11(17)9-5-3-7-15-9/h1-2,4,6,9,12,15H,3,5,7H2,(H,16,17). The predicted molar refractivity (Wildman–Crippen MR) is 62.7 cm³/mol. The van der Waals surface area contributed by atoms with E-state index in [-0.39, 0.29) is 23.4 Å². The lowest BCUT2D eigenvalue weighted by Crippen LogP contribution is -2.35. The smallest absolute Gasteiger partial charge is 0.387 e. The van der Waals surface area contributed by atoms with Gasteiger partial charge in [-0.1, -0.05) is 12.1 Å². The summed E-state index contributed by atoms with van der Waals surface area (Å²) in [6.07, 6.45) is 1.69. The number of hydrogen-bond acceptors (Lipinski definition) is 3. The second kappa shape index (κ2) is 5.77. The summed E-state index contributed by atoms with van der Waals surface area (Å²) < 4.78 is 28.7. The van der Waals surface area contributed by atoms with E-state index in [2.05, 4.69) is 15.4 Å². The molecule has 0 radical (unpaired) electrons. The van der Waals surface area contributed by atoms with E-state index in [9.17, 15) is 13.6 Å². The molecule has 1 aliphatic heterocycles. The van der Waals surface area contributed by atoms with Gasteiger partial charge in [-0.15, -0.1) is 0 Å². The van der Waals surface area contributed by atoms with Crippen LogP contribution in [-0.2, 0) is 4.79 Å². The van der Waals surface area contributed by atoms with Gasteiger partial charge < -0.3 is 15.4 Å². The van der Waals surface area contributed by atoms with Crippen molar-refractivity contribution in [3.05, 3.63) is 24.3 Å². The molecule has 1 aromatic rings. The maximum Gasteiger partial charge on any atom is 0.387 e. The largest absolute Gasteiger partial charge is 0.433 e. The van der Waals surface area contributed by atoms with E-state index < -0.39 is 6.61 Å². The summed E-state index contributed by atoms with van der Waals surface area (Å²) in [7, 11) is 0. The highest BCUT2D eigenvalue weighted by molar-refractivity contribution is 5.96. The maximum absolute atomic E-state index is 12.2. The van der Waals surface area contributed by atoms with Gasteiger partial charge in [0, 0.05) is 0 Å². The van der Waals surface area contributed by atoms with Crippen LogP contribution in [0.15, 0.2) is 24.3 Å². The Morgan fingerprint density at radius 1 is 1.44 bits per heavy atom. The van der Waals surface area contributed by atoms with Gasteiger partial charge in [-0.2, -0.15) is 8.78 Å². The second-order valence-corrected chi connectivity index (χ2v) is 4.01. The summed E-state index contributed by atoms with van der Waals surface area (Å²) in [5.41, 5.74) is 0.261. The van der Waals surface area contributed by atoms with Crippen LogP contribution in [0.25, 0.3) is 0 Å². The van der Waals surface area contributed by atoms with Crippen LogP contribution in [0.1, 0.15) is 12.8 Å². The summed E-state index contributed by atoms with van der Waals surface area (Å²) in [5.74, 6) is -0.253. The van der Waals surface area contributed by atoms with Gasteiger partial charge in [-0.3, -0.25) is 4.79 Å². The third kappa shape index (κ3) is 3.16. The van der Waals surface area contributed by atoms with Crippen molar-refractivity contribution < 1.29 is 18.3 Å². The van der Waals surface area contributed by atoms with E-state index in [1.165, 1.54) is 12.1 Å². The van der Waals surface area contributed by atoms with Crippen LogP contribution < -0.4 is 15.4 Å². The molecular weight excluding hydrogens is 242 g/mol. The third-order valence-corrected chi connectivity index (χ3v) is 2.74. The lowest BCUT2D eigenvalue weighted by Gasteiger charge is -2.14. The van der Waals surface area contributed by atoms with E-state index in [4.69, 9.17) is 0 Å². The number of carbonyl (C=O) groups excluding carboxylic acids is 1. The molecule has 1 amide bonds. The fraction of sp³-hybridized carbons (Fsp3) is 0.417. The Bertz CT molecular complexity index is 420. The van der Waals surface area contributed by atoms with E-state index >= 15 is 0 Å². The molecular formula is C12H14F2N2O2. The maximum atomic E-state index is 12.2.